The minimum atomic E-state index is -1.15. The van der Waals surface area contributed by atoms with Crippen molar-refractivity contribution in [3.8, 4) is 0 Å². The maximum atomic E-state index is 13.1. The van der Waals surface area contributed by atoms with E-state index in [9.17, 15) is 29.1 Å². The molecule has 1 aliphatic rings. The number of unbranched alkanes of at least 4 members (excludes halogenated alkanes) is 1. The van der Waals surface area contributed by atoms with Gasteiger partial charge in [-0.05, 0) is 51.0 Å². The van der Waals surface area contributed by atoms with Crippen LogP contribution in [0.5, 0.6) is 0 Å². The molecule has 9 N–H and O–H groups in total. The van der Waals surface area contributed by atoms with Gasteiger partial charge in [0.1, 0.15) is 18.1 Å². The molecule has 1 aliphatic heterocycles. The van der Waals surface area contributed by atoms with Gasteiger partial charge in [0.05, 0.1) is 6.04 Å². The second kappa shape index (κ2) is 14.5. The first kappa shape index (κ1) is 29.3. The largest absolute Gasteiger partial charge is 0.480 e. The first-order valence-corrected chi connectivity index (χ1v) is 11.9. The van der Waals surface area contributed by atoms with Crippen LogP contribution in [-0.4, -0.2) is 76.9 Å². The van der Waals surface area contributed by atoms with Crippen LogP contribution in [0.2, 0.25) is 0 Å². The molecule has 0 aromatic heterocycles. The van der Waals surface area contributed by atoms with Gasteiger partial charge in [-0.3, -0.25) is 19.2 Å². The summed E-state index contributed by atoms with van der Waals surface area (Å²) in [7, 11) is 0. The minimum absolute atomic E-state index is 0.0410. The Labute approximate surface area is 200 Å². The second-order valence-electron chi connectivity index (χ2n) is 9.18. The van der Waals surface area contributed by atoms with Crippen LogP contribution < -0.4 is 27.8 Å². The maximum Gasteiger partial charge on any atom is 0.326 e. The number of nitrogens with zero attached hydrogens (tertiary/aromatic N) is 1. The lowest BCUT2D eigenvalue weighted by Crippen LogP contribution is -2.57. The molecule has 12 heteroatoms. The lowest BCUT2D eigenvalue weighted by Gasteiger charge is -2.29. The Balaban J connectivity index is 2.96. The summed E-state index contributed by atoms with van der Waals surface area (Å²) >= 11 is 0. The van der Waals surface area contributed by atoms with E-state index >= 15 is 0 Å². The average Bonchev–Trinajstić information content (AvgIpc) is 3.25. The van der Waals surface area contributed by atoms with Gasteiger partial charge >= 0.3 is 5.97 Å². The molecule has 34 heavy (non-hydrogen) atoms. The summed E-state index contributed by atoms with van der Waals surface area (Å²) in [6, 6.07) is -3.89. The molecule has 0 saturated carbocycles. The van der Waals surface area contributed by atoms with Crippen LogP contribution in [0.3, 0.4) is 0 Å². The van der Waals surface area contributed by atoms with Gasteiger partial charge in [-0.15, -0.1) is 0 Å². The summed E-state index contributed by atoms with van der Waals surface area (Å²) < 4.78 is 0. The number of carboxylic acid groups (broad SMARTS) is 1. The van der Waals surface area contributed by atoms with Crippen LogP contribution in [0.1, 0.15) is 65.2 Å². The number of primary amides is 1. The number of carboxylic acids is 1. The zero-order chi connectivity index (χ0) is 25.8. The number of nitrogens with two attached hydrogens (primary N) is 3. The average molecular weight is 485 g/mol. The van der Waals surface area contributed by atoms with E-state index < -0.39 is 53.8 Å². The van der Waals surface area contributed by atoms with E-state index in [1.54, 1.807) is 0 Å². The number of hydrogen-bond donors (Lipinski definition) is 6. The van der Waals surface area contributed by atoms with E-state index in [0.717, 1.165) is 6.42 Å². The number of aliphatic carboxylic acids is 1. The fourth-order valence-electron chi connectivity index (χ4n) is 3.93. The quantitative estimate of drug-likeness (QED) is 0.155. The molecule has 0 aromatic carbocycles. The van der Waals surface area contributed by atoms with Crippen molar-refractivity contribution in [2.45, 2.75) is 89.4 Å². The highest BCUT2D eigenvalue weighted by molar-refractivity contribution is 5.94. The van der Waals surface area contributed by atoms with Gasteiger partial charge in [-0.2, -0.15) is 0 Å². The van der Waals surface area contributed by atoms with Crippen LogP contribution in [-0.2, 0) is 24.0 Å². The lowest BCUT2D eigenvalue weighted by molar-refractivity contribution is -0.149. The van der Waals surface area contributed by atoms with Crippen LogP contribution >= 0.6 is 0 Å². The van der Waals surface area contributed by atoms with Gasteiger partial charge in [0, 0.05) is 13.0 Å². The Morgan fingerprint density at radius 1 is 1.03 bits per heavy atom. The molecular formula is C22H40N6O6. The van der Waals surface area contributed by atoms with Crippen molar-refractivity contribution in [2.75, 3.05) is 13.1 Å². The fourth-order valence-corrected chi connectivity index (χ4v) is 3.93. The SMILES string of the molecule is CC(C)CC(NC(=O)C(N)CCCCN)C(=O)NC(CCC(N)=O)C(=O)N1CCCC1C(=O)O. The summed E-state index contributed by atoms with van der Waals surface area (Å²) in [5.41, 5.74) is 16.6. The Hall–Kier alpha value is -2.73. The monoisotopic (exact) mass is 484 g/mol. The van der Waals surface area contributed by atoms with Crippen molar-refractivity contribution in [1.29, 1.82) is 0 Å². The summed E-state index contributed by atoms with van der Waals surface area (Å²) in [6.07, 6.45) is 2.71. The van der Waals surface area contributed by atoms with E-state index in [4.69, 9.17) is 17.2 Å². The highest BCUT2D eigenvalue weighted by Crippen LogP contribution is 2.20. The van der Waals surface area contributed by atoms with Gasteiger partial charge in [-0.25, -0.2) is 4.79 Å². The highest BCUT2D eigenvalue weighted by Gasteiger charge is 2.38. The number of amides is 4. The first-order chi connectivity index (χ1) is 16.0. The number of likely N-dealkylation sites (tertiary alicyclic amines) is 1. The molecule has 194 valence electrons. The first-order valence-electron chi connectivity index (χ1n) is 11.9. The number of carbonyl (C=O) groups is 5. The zero-order valence-corrected chi connectivity index (χ0v) is 20.1. The molecule has 4 unspecified atom stereocenters. The van der Waals surface area contributed by atoms with Crippen LogP contribution in [0.25, 0.3) is 0 Å². The summed E-state index contributed by atoms with van der Waals surface area (Å²) in [4.78, 5) is 62.8. The van der Waals surface area contributed by atoms with Crippen molar-refractivity contribution in [3.05, 3.63) is 0 Å². The number of hydrogen-bond acceptors (Lipinski definition) is 7. The zero-order valence-electron chi connectivity index (χ0n) is 20.1. The van der Waals surface area contributed by atoms with Crippen LogP contribution in [0, 0.1) is 5.92 Å². The molecule has 0 spiro atoms. The van der Waals surface area contributed by atoms with Crippen molar-refractivity contribution in [1.82, 2.24) is 15.5 Å². The third-order valence-corrected chi connectivity index (χ3v) is 5.76. The summed E-state index contributed by atoms with van der Waals surface area (Å²) in [5, 5.41) is 14.7. The molecule has 1 rings (SSSR count). The van der Waals surface area contributed by atoms with Gasteiger partial charge in [-0.1, -0.05) is 20.3 Å². The molecule has 1 saturated heterocycles. The van der Waals surface area contributed by atoms with Crippen molar-refractivity contribution >= 4 is 29.6 Å². The van der Waals surface area contributed by atoms with Crippen molar-refractivity contribution in [2.24, 2.45) is 23.1 Å². The second-order valence-corrected chi connectivity index (χ2v) is 9.18. The van der Waals surface area contributed by atoms with E-state index in [-0.39, 0.29) is 25.3 Å². The standard InChI is InChI=1S/C22H40N6O6/c1-13(2)12-16(27-19(30)14(24)6-3-4-10-23)20(31)26-15(8-9-18(25)29)21(32)28-11-5-7-17(28)22(33)34/h13-17H,3-12,23-24H2,1-2H3,(H2,25,29)(H,26,31)(H,27,30)(H,33,34). The van der Waals surface area contributed by atoms with Crippen molar-refractivity contribution < 1.29 is 29.1 Å². The molecule has 4 amide bonds. The molecule has 0 aromatic rings. The van der Waals surface area contributed by atoms with E-state index in [1.165, 1.54) is 4.90 Å². The Bertz CT molecular complexity index is 731. The van der Waals surface area contributed by atoms with E-state index in [1.807, 2.05) is 13.8 Å². The predicted molar refractivity (Wildman–Crippen MR) is 125 cm³/mol. The smallest absolute Gasteiger partial charge is 0.326 e. The van der Waals surface area contributed by atoms with Gasteiger partial charge in [0.15, 0.2) is 0 Å². The van der Waals surface area contributed by atoms with E-state index in [0.29, 0.717) is 38.6 Å². The molecule has 1 fully saturated rings. The number of nitrogens with one attached hydrogen (secondary N) is 2. The third kappa shape index (κ3) is 9.64. The molecule has 0 radical (unpaired) electrons. The fraction of sp³-hybridized carbons (Fsp3) is 0.773. The maximum absolute atomic E-state index is 13.1. The van der Waals surface area contributed by atoms with Crippen LogP contribution in [0.4, 0.5) is 0 Å². The Morgan fingerprint density at radius 3 is 2.24 bits per heavy atom. The normalized spacial score (nSPS) is 18.3. The topological polar surface area (TPSA) is 211 Å². The van der Waals surface area contributed by atoms with Crippen molar-refractivity contribution in [3.63, 3.8) is 0 Å². The third-order valence-electron chi connectivity index (χ3n) is 5.76. The predicted octanol–water partition coefficient (Wildman–Crippen LogP) is -1.20. The van der Waals surface area contributed by atoms with Gasteiger partial charge in [0.2, 0.25) is 23.6 Å². The van der Waals surface area contributed by atoms with Gasteiger partial charge < -0.3 is 37.8 Å². The lowest BCUT2D eigenvalue weighted by atomic mass is 10.0. The van der Waals surface area contributed by atoms with Crippen LogP contribution in [0.15, 0.2) is 0 Å². The Kier molecular flexibility index (Phi) is 12.5. The minimum Gasteiger partial charge on any atom is -0.480 e. The summed E-state index contributed by atoms with van der Waals surface area (Å²) in [6.45, 7) is 4.49. The van der Waals surface area contributed by atoms with E-state index in [2.05, 4.69) is 10.6 Å². The number of rotatable bonds is 15. The molecule has 0 bridgehead atoms. The number of carbonyl (C=O) groups excluding carboxylic acids is 4. The molecule has 1 heterocycles. The Morgan fingerprint density at radius 2 is 1.68 bits per heavy atom. The van der Waals surface area contributed by atoms with Gasteiger partial charge in [0.25, 0.3) is 0 Å². The highest BCUT2D eigenvalue weighted by atomic mass is 16.4. The molecule has 0 aliphatic carbocycles. The molecule has 4 atom stereocenters. The molecular weight excluding hydrogens is 444 g/mol. The summed E-state index contributed by atoms with van der Waals surface area (Å²) in [5.74, 6) is -3.42. The molecule has 12 nitrogen and oxygen atoms in total.